The predicted octanol–water partition coefficient (Wildman–Crippen LogP) is 2.80. The zero-order valence-corrected chi connectivity index (χ0v) is 18.6. The quantitative estimate of drug-likeness (QED) is 0.346. The standard InChI is InChI=1S/C24H20FN3O4S/c1-3-4-24(31)13-5-17-20-11(7-28(17)22(29)12(13)8-32-23(24)30)18-15(26)9-33-21-10(2)14(25)6-16(27-20)19(18)21/h3,5-6,15,31H,1,4,7-9,26H2,2H3/t15?,24-/m0/s1. The number of esters is 1. The largest absolute Gasteiger partial charge is 0.458 e. The van der Waals surface area contributed by atoms with E-state index in [0.717, 1.165) is 21.4 Å². The summed E-state index contributed by atoms with van der Waals surface area (Å²) < 4.78 is 21.4. The highest BCUT2D eigenvalue weighted by Gasteiger charge is 2.46. The predicted molar refractivity (Wildman–Crippen MR) is 121 cm³/mol. The molecule has 2 aromatic heterocycles. The van der Waals surface area contributed by atoms with Crippen LogP contribution >= 0.6 is 11.8 Å². The van der Waals surface area contributed by atoms with Crippen molar-refractivity contribution in [1.82, 2.24) is 9.55 Å². The number of hydrogen-bond acceptors (Lipinski definition) is 7. The molecule has 5 heterocycles. The minimum absolute atomic E-state index is 0.0963. The summed E-state index contributed by atoms with van der Waals surface area (Å²) in [5.41, 5.74) is 8.33. The molecule has 3 aliphatic heterocycles. The molecule has 1 aromatic carbocycles. The summed E-state index contributed by atoms with van der Waals surface area (Å²) in [7, 11) is 0. The van der Waals surface area contributed by atoms with E-state index in [2.05, 4.69) is 6.58 Å². The molecule has 168 valence electrons. The lowest BCUT2D eigenvalue weighted by molar-refractivity contribution is -0.171. The molecule has 7 nitrogen and oxygen atoms in total. The molecule has 33 heavy (non-hydrogen) atoms. The highest BCUT2D eigenvalue weighted by Crippen LogP contribution is 2.47. The molecule has 0 radical (unpaired) electrons. The molecule has 3 aliphatic rings. The van der Waals surface area contributed by atoms with Gasteiger partial charge in [-0.25, -0.2) is 14.2 Å². The van der Waals surface area contributed by atoms with Gasteiger partial charge in [-0.1, -0.05) is 6.08 Å². The van der Waals surface area contributed by atoms with E-state index in [1.54, 1.807) is 17.6 Å². The average Bonchev–Trinajstić information content (AvgIpc) is 3.15. The molecule has 0 bridgehead atoms. The number of nitrogens with zero attached hydrogens (tertiary/aromatic N) is 2. The first kappa shape index (κ1) is 20.6. The summed E-state index contributed by atoms with van der Waals surface area (Å²) in [5, 5.41) is 12.0. The van der Waals surface area contributed by atoms with E-state index in [1.807, 2.05) is 0 Å². The first-order valence-corrected chi connectivity index (χ1v) is 11.6. The Balaban J connectivity index is 1.69. The van der Waals surface area contributed by atoms with Gasteiger partial charge in [0.2, 0.25) is 0 Å². The van der Waals surface area contributed by atoms with Gasteiger partial charge in [-0.3, -0.25) is 4.79 Å². The molecule has 0 amide bonds. The number of halogens is 1. The van der Waals surface area contributed by atoms with Gasteiger partial charge in [0, 0.05) is 45.7 Å². The number of benzene rings is 1. The maximum atomic E-state index is 14.7. The number of nitrogens with two attached hydrogens (primary N) is 1. The van der Waals surface area contributed by atoms with Crippen molar-refractivity contribution in [2.24, 2.45) is 5.73 Å². The molecule has 0 saturated carbocycles. The van der Waals surface area contributed by atoms with Crippen molar-refractivity contribution < 1.29 is 19.0 Å². The Morgan fingerprint density at radius 1 is 1.42 bits per heavy atom. The van der Waals surface area contributed by atoms with Gasteiger partial charge in [-0.05, 0) is 24.1 Å². The lowest BCUT2D eigenvalue weighted by atomic mass is 9.85. The van der Waals surface area contributed by atoms with Gasteiger partial charge in [0.15, 0.2) is 5.60 Å². The van der Waals surface area contributed by atoms with Gasteiger partial charge in [0.25, 0.3) is 5.56 Å². The van der Waals surface area contributed by atoms with Crippen LogP contribution in [0.2, 0.25) is 0 Å². The van der Waals surface area contributed by atoms with E-state index in [0.29, 0.717) is 28.2 Å². The van der Waals surface area contributed by atoms with Crippen molar-refractivity contribution in [2.45, 2.75) is 43.0 Å². The van der Waals surface area contributed by atoms with Crippen LogP contribution in [0, 0.1) is 12.7 Å². The van der Waals surface area contributed by atoms with Crippen molar-refractivity contribution in [3.05, 3.63) is 68.8 Å². The molecular formula is C24H20FN3O4S. The number of ether oxygens (including phenoxy) is 1. The number of rotatable bonds is 2. The van der Waals surface area contributed by atoms with Crippen molar-refractivity contribution in [1.29, 1.82) is 0 Å². The van der Waals surface area contributed by atoms with Crippen LogP contribution in [0.5, 0.6) is 0 Å². The highest BCUT2D eigenvalue weighted by atomic mass is 32.2. The summed E-state index contributed by atoms with van der Waals surface area (Å²) in [4.78, 5) is 31.5. The van der Waals surface area contributed by atoms with Crippen LogP contribution in [-0.2, 0) is 28.3 Å². The molecule has 3 aromatic rings. The fourth-order valence-electron chi connectivity index (χ4n) is 5.22. The molecule has 1 unspecified atom stereocenters. The molecule has 2 atom stereocenters. The Morgan fingerprint density at radius 2 is 2.21 bits per heavy atom. The van der Waals surface area contributed by atoms with Crippen LogP contribution < -0.4 is 11.3 Å². The Labute approximate surface area is 192 Å². The van der Waals surface area contributed by atoms with Gasteiger partial charge >= 0.3 is 5.97 Å². The third-order valence-electron chi connectivity index (χ3n) is 6.87. The molecule has 3 N–H and O–H groups in total. The summed E-state index contributed by atoms with van der Waals surface area (Å²) >= 11 is 1.52. The number of pyridine rings is 2. The summed E-state index contributed by atoms with van der Waals surface area (Å²) in [6, 6.07) is 2.74. The van der Waals surface area contributed by atoms with Gasteiger partial charge in [0.1, 0.15) is 12.4 Å². The number of hydrogen-bond donors (Lipinski definition) is 2. The third-order valence-corrected chi connectivity index (χ3v) is 8.19. The second-order valence-electron chi connectivity index (χ2n) is 8.72. The molecule has 0 fully saturated rings. The smallest absolute Gasteiger partial charge is 0.343 e. The van der Waals surface area contributed by atoms with Crippen LogP contribution in [0.4, 0.5) is 4.39 Å². The summed E-state index contributed by atoms with van der Waals surface area (Å²) in [6.07, 6.45) is 1.31. The number of fused-ring (bicyclic) bond motifs is 5. The maximum absolute atomic E-state index is 14.7. The minimum Gasteiger partial charge on any atom is -0.458 e. The van der Waals surface area contributed by atoms with Crippen LogP contribution in [0.1, 0.15) is 40.3 Å². The fourth-order valence-corrected chi connectivity index (χ4v) is 6.41. The van der Waals surface area contributed by atoms with Crippen molar-refractivity contribution in [2.75, 3.05) is 5.75 Å². The second kappa shape index (κ2) is 6.75. The number of aliphatic hydroxyl groups is 1. The molecule has 6 rings (SSSR count). The zero-order valence-electron chi connectivity index (χ0n) is 17.8. The monoisotopic (exact) mass is 465 g/mol. The molecular weight excluding hydrogens is 445 g/mol. The first-order chi connectivity index (χ1) is 15.8. The second-order valence-corrected chi connectivity index (χ2v) is 9.75. The van der Waals surface area contributed by atoms with Crippen LogP contribution in [0.15, 0.2) is 34.5 Å². The zero-order chi connectivity index (χ0) is 23.2. The Kier molecular flexibility index (Phi) is 4.21. The van der Waals surface area contributed by atoms with E-state index in [-0.39, 0.29) is 48.1 Å². The van der Waals surface area contributed by atoms with E-state index >= 15 is 0 Å². The van der Waals surface area contributed by atoms with Crippen LogP contribution in [0.25, 0.3) is 22.3 Å². The number of aromatic nitrogens is 2. The summed E-state index contributed by atoms with van der Waals surface area (Å²) in [5.74, 6) is -0.575. The number of thioether (sulfide) groups is 1. The number of carbonyl (C=O) groups excluding carboxylic acids is 1. The Hall–Kier alpha value is -3.01. The van der Waals surface area contributed by atoms with Crippen LogP contribution in [0.3, 0.4) is 0 Å². The number of carbonyl (C=O) groups is 1. The lowest BCUT2D eigenvalue weighted by Crippen LogP contribution is -2.44. The normalized spacial score (nSPS) is 22.5. The van der Waals surface area contributed by atoms with Gasteiger partial charge in [0.05, 0.1) is 29.0 Å². The topological polar surface area (TPSA) is 107 Å². The SMILES string of the molecule is C=CC[C@@]1(O)C(=O)OCc2c1cc1n(c2=O)Cc2c-1nc1cc(F)c(C)c3c1c2C(N)CS3. The number of cyclic esters (lactones) is 1. The highest BCUT2D eigenvalue weighted by molar-refractivity contribution is 7.99. The lowest BCUT2D eigenvalue weighted by Gasteiger charge is -2.31. The van der Waals surface area contributed by atoms with Gasteiger partial charge in [-0.15, -0.1) is 18.3 Å². The third kappa shape index (κ3) is 2.55. The molecule has 0 aliphatic carbocycles. The molecule has 0 spiro atoms. The van der Waals surface area contributed by atoms with Crippen molar-refractivity contribution in [3.63, 3.8) is 0 Å². The van der Waals surface area contributed by atoms with Gasteiger partial charge in [-0.2, -0.15) is 0 Å². The molecule has 9 heteroatoms. The van der Waals surface area contributed by atoms with Crippen molar-refractivity contribution in [3.8, 4) is 11.4 Å². The fraction of sp³-hybridized carbons (Fsp3) is 0.292. The summed E-state index contributed by atoms with van der Waals surface area (Å²) in [6.45, 7) is 5.41. The van der Waals surface area contributed by atoms with E-state index in [4.69, 9.17) is 15.5 Å². The maximum Gasteiger partial charge on any atom is 0.343 e. The average molecular weight is 466 g/mol. The van der Waals surface area contributed by atoms with Crippen molar-refractivity contribution >= 4 is 28.6 Å². The Bertz CT molecular complexity index is 1500. The molecule has 0 saturated heterocycles. The van der Waals surface area contributed by atoms with Crippen LogP contribution in [-0.4, -0.2) is 26.4 Å². The van der Waals surface area contributed by atoms with E-state index < -0.39 is 11.6 Å². The van der Waals surface area contributed by atoms with E-state index in [1.165, 1.54) is 23.9 Å². The minimum atomic E-state index is -2.00. The Morgan fingerprint density at radius 3 is 2.97 bits per heavy atom. The first-order valence-electron chi connectivity index (χ1n) is 10.6. The van der Waals surface area contributed by atoms with E-state index in [9.17, 15) is 19.1 Å². The van der Waals surface area contributed by atoms with Gasteiger partial charge < -0.3 is 20.1 Å².